The van der Waals surface area contributed by atoms with Gasteiger partial charge in [0.1, 0.15) is 0 Å². The maximum atomic E-state index is 11.9. The third-order valence-corrected chi connectivity index (χ3v) is 5.83. The number of nitrogens with one attached hydrogen (secondary N) is 1. The van der Waals surface area contributed by atoms with E-state index >= 15 is 0 Å². The highest BCUT2D eigenvalue weighted by Crippen LogP contribution is 2.22. The van der Waals surface area contributed by atoms with Crippen LogP contribution in [0, 0.1) is 0 Å². The topological polar surface area (TPSA) is 50.2 Å². The highest BCUT2D eigenvalue weighted by atomic mass is 16.1. The predicted molar refractivity (Wildman–Crippen MR) is 103 cm³/mol. The molecular formula is C21H28N4O. The molecule has 5 heteroatoms. The van der Waals surface area contributed by atoms with Crippen molar-refractivity contribution in [2.75, 3.05) is 19.6 Å². The largest absolute Gasteiger partial charge is 0.312 e. The van der Waals surface area contributed by atoms with Gasteiger partial charge in [0.05, 0.1) is 6.54 Å². The lowest BCUT2D eigenvalue weighted by Crippen LogP contribution is -2.49. The van der Waals surface area contributed by atoms with Gasteiger partial charge in [-0.3, -0.25) is 9.69 Å². The van der Waals surface area contributed by atoms with Gasteiger partial charge in [-0.25, -0.2) is 4.68 Å². The van der Waals surface area contributed by atoms with Crippen LogP contribution in [0.4, 0.5) is 0 Å². The van der Waals surface area contributed by atoms with E-state index in [2.05, 4.69) is 39.6 Å². The van der Waals surface area contributed by atoms with Gasteiger partial charge in [-0.1, -0.05) is 30.7 Å². The molecule has 0 radical (unpaired) electrons. The lowest BCUT2D eigenvalue weighted by molar-refractivity contribution is 0.135. The molecule has 1 N–H and O–H groups in total. The summed E-state index contributed by atoms with van der Waals surface area (Å²) >= 11 is 0. The summed E-state index contributed by atoms with van der Waals surface area (Å²) in [5.41, 5.74) is 2.99. The number of piperidine rings is 1. The highest BCUT2D eigenvalue weighted by Gasteiger charge is 2.25. The molecule has 2 heterocycles. The molecule has 1 aliphatic heterocycles. The number of aromatic nitrogens is 2. The Kier molecular flexibility index (Phi) is 5.46. The molecule has 2 aromatic rings. The minimum Gasteiger partial charge on any atom is -0.312 e. The normalized spacial score (nSPS) is 21.0. The molecule has 5 nitrogen and oxygen atoms in total. The van der Waals surface area contributed by atoms with E-state index in [9.17, 15) is 4.79 Å². The van der Waals surface area contributed by atoms with Crippen LogP contribution in [0.15, 0.2) is 47.4 Å². The van der Waals surface area contributed by atoms with Gasteiger partial charge in [0, 0.05) is 37.4 Å². The standard InChI is InChI=1S/C21H28N4O/c26-21-9-5-10-23-25(21)13-12-24-11-4-3-8-20(24)16-22-19-14-17-6-1-2-7-18(17)15-19/h1-2,5-7,9-10,19-20,22H,3-4,8,11-16H2. The monoisotopic (exact) mass is 352 g/mol. The minimum atomic E-state index is -0.0112. The van der Waals surface area contributed by atoms with Crippen molar-refractivity contribution in [3.05, 3.63) is 64.1 Å². The number of fused-ring (bicyclic) bond motifs is 1. The molecule has 0 spiro atoms. The van der Waals surface area contributed by atoms with E-state index in [1.165, 1.54) is 30.4 Å². The second kappa shape index (κ2) is 8.14. The molecule has 4 rings (SSSR count). The molecule has 1 atom stereocenters. The summed E-state index contributed by atoms with van der Waals surface area (Å²) in [5.74, 6) is 0. The van der Waals surface area contributed by atoms with Crippen molar-refractivity contribution >= 4 is 0 Å². The Bertz CT molecular complexity index is 762. The molecule has 1 unspecified atom stereocenters. The van der Waals surface area contributed by atoms with Gasteiger partial charge in [0.15, 0.2) is 0 Å². The van der Waals surface area contributed by atoms with Crippen molar-refractivity contribution in [3.63, 3.8) is 0 Å². The number of rotatable bonds is 6. The van der Waals surface area contributed by atoms with Crippen LogP contribution in [0.5, 0.6) is 0 Å². The maximum absolute atomic E-state index is 11.9. The predicted octanol–water partition coefficient (Wildman–Crippen LogP) is 1.85. The van der Waals surface area contributed by atoms with E-state index < -0.39 is 0 Å². The van der Waals surface area contributed by atoms with E-state index in [1.54, 1.807) is 23.0 Å². The van der Waals surface area contributed by atoms with E-state index in [0.29, 0.717) is 18.6 Å². The first kappa shape index (κ1) is 17.4. The Morgan fingerprint density at radius 1 is 1.04 bits per heavy atom. The quantitative estimate of drug-likeness (QED) is 0.862. The third-order valence-electron chi connectivity index (χ3n) is 5.83. The zero-order chi connectivity index (χ0) is 17.8. The van der Waals surface area contributed by atoms with Gasteiger partial charge in [0.2, 0.25) is 0 Å². The SMILES string of the molecule is O=c1cccnn1CCN1CCCCC1CNC1Cc2ccccc2C1. The van der Waals surface area contributed by atoms with E-state index in [4.69, 9.17) is 0 Å². The number of hydrogen-bond donors (Lipinski definition) is 1. The Hall–Kier alpha value is -1.98. The van der Waals surface area contributed by atoms with Crippen LogP contribution in [-0.2, 0) is 19.4 Å². The van der Waals surface area contributed by atoms with Crippen molar-refractivity contribution in [1.82, 2.24) is 20.0 Å². The summed E-state index contributed by atoms with van der Waals surface area (Å²) in [4.78, 5) is 14.4. The maximum Gasteiger partial charge on any atom is 0.266 e. The Morgan fingerprint density at radius 3 is 2.62 bits per heavy atom. The third kappa shape index (κ3) is 4.05. The van der Waals surface area contributed by atoms with Crippen LogP contribution in [0.2, 0.25) is 0 Å². The molecule has 1 aromatic heterocycles. The first-order valence-electron chi connectivity index (χ1n) is 9.86. The number of benzene rings is 1. The number of nitrogens with zero attached hydrogens (tertiary/aromatic N) is 3. The zero-order valence-corrected chi connectivity index (χ0v) is 15.3. The Morgan fingerprint density at radius 2 is 1.85 bits per heavy atom. The first-order valence-corrected chi connectivity index (χ1v) is 9.86. The summed E-state index contributed by atoms with van der Waals surface area (Å²) in [6.07, 6.45) is 7.77. The van der Waals surface area contributed by atoms with Gasteiger partial charge in [-0.2, -0.15) is 5.10 Å². The first-order chi connectivity index (χ1) is 12.8. The fourth-order valence-electron chi connectivity index (χ4n) is 4.37. The van der Waals surface area contributed by atoms with Gasteiger partial charge < -0.3 is 5.32 Å². The molecule has 1 aromatic carbocycles. The summed E-state index contributed by atoms with van der Waals surface area (Å²) < 4.78 is 1.58. The molecule has 1 aliphatic carbocycles. The average molecular weight is 352 g/mol. The molecule has 0 amide bonds. The van der Waals surface area contributed by atoms with Gasteiger partial charge in [-0.15, -0.1) is 0 Å². The lowest BCUT2D eigenvalue weighted by atomic mass is 10.0. The fraction of sp³-hybridized carbons (Fsp3) is 0.524. The van der Waals surface area contributed by atoms with E-state index in [1.807, 2.05) is 0 Å². The Balaban J connectivity index is 1.30. The molecule has 1 fully saturated rings. The molecule has 2 aliphatic rings. The second-order valence-corrected chi connectivity index (χ2v) is 7.55. The summed E-state index contributed by atoms with van der Waals surface area (Å²) in [7, 11) is 0. The average Bonchev–Trinajstić information content (AvgIpc) is 3.09. The van der Waals surface area contributed by atoms with E-state index in [-0.39, 0.29) is 5.56 Å². The molecular weight excluding hydrogens is 324 g/mol. The van der Waals surface area contributed by atoms with Gasteiger partial charge in [-0.05, 0) is 49.4 Å². The Labute approximate surface area is 155 Å². The van der Waals surface area contributed by atoms with Crippen LogP contribution in [-0.4, -0.2) is 46.4 Å². The fourth-order valence-corrected chi connectivity index (χ4v) is 4.37. The van der Waals surface area contributed by atoms with Crippen LogP contribution < -0.4 is 10.9 Å². The second-order valence-electron chi connectivity index (χ2n) is 7.55. The molecule has 0 saturated carbocycles. The van der Waals surface area contributed by atoms with Crippen molar-refractivity contribution < 1.29 is 0 Å². The number of hydrogen-bond acceptors (Lipinski definition) is 4. The highest BCUT2D eigenvalue weighted by molar-refractivity contribution is 5.33. The molecule has 0 bridgehead atoms. The molecule has 26 heavy (non-hydrogen) atoms. The van der Waals surface area contributed by atoms with Crippen molar-refractivity contribution in [2.45, 2.75) is 50.7 Å². The van der Waals surface area contributed by atoms with Crippen LogP contribution >= 0.6 is 0 Å². The summed E-state index contributed by atoms with van der Waals surface area (Å²) in [6.45, 7) is 3.73. The molecule has 138 valence electrons. The number of likely N-dealkylation sites (tertiary alicyclic amines) is 1. The van der Waals surface area contributed by atoms with Gasteiger partial charge in [0.25, 0.3) is 5.56 Å². The molecule has 1 saturated heterocycles. The van der Waals surface area contributed by atoms with Crippen molar-refractivity contribution in [3.8, 4) is 0 Å². The lowest BCUT2D eigenvalue weighted by Gasteiger charge is -2.36. The van der Waals surface area contributed by atoms with Crippen LogP contribution in [0.3, 0.4) is 0 Å². The van der Waals surface area contributed by atoms with Crippen LogP contribution in [0.25, 0.3) is 0 Å². The smallest absolute Gasteiger partial charge is 0.266 e. The van der Waals surface area contributed by atoms with Crippen molar-refractivity contribution in [1.29, 1.82) is 0 Å². The van der Waals surface area contributed by atoms with Crippen molar-refractivity contribution in [2.24, 2.45) is 0 Å². The van der Waals surface area contributed by atoms with Gasteiger partial charge >= 0.3 is 0 Å². The summed E-state index contributed by atoms with van der Waals surface area (Å²) in [5, 5.41) is 7.99. The minimum absolute atomic E-state index is 0.0112. The van der Waals surface area contributed by atoms with Crippen LogP contribution in [0.1, 0.15) is 30.4 Å². The summed E-state index contributed by atoms with van der Waals surface area (Å²) in [6, 6.07) is 13.2. The zero-order valence-electron chi connectivity index (χ0n) is 15.3. The van der Waals surface area contributed by atoms with E-state index in [0.717, 1.165) is 32.5 Å².